The largest absolute Gasteiger partial charge is 0.388 e. The number of nitrogen functional groups attached to an aromatic ring is 1. The Morgan fingerprint density at radius 3 is 2.40 bits per heavy atom. The maximum absolute atomic E-state index is 13.1. The average molecular weight is 621 g/mol. The van der Waals surface area contributed by atoms with E-state index < -0.39 is 48.8 Å². The van der Waals surface area contributed by atoms with Crippen LogP contribution in [0, 0.1) is 0 Å². The van der Waals surface area contributed by atoms with E-state index in [1.54, 1.807) is 38.6 Å². The van der Waals surface area contributed by atoms with Gasteiger partial charge in [0.15, 0.2) is 11.6 Å². The molecule has 1 aromatic carbocycles. The van der Waals surface area contributed by atoms with Gasteiger partial charge in [-0.15, -0.1) is 5.10 Å². The van der Waals surface area contributed by atoms with Crippen LogP contribution < -0.4 is 11.4 Å². The highest BCUT2D eigenvalue weighted by Gasteiger charge is 2.51. The molecule has 15 heteroatoms. The highest BCUT2D eigenvalue weighted by atomic mass is 31.2. The number of aromatic nitrogens is 5. The summed E-state index contributed by atoms with van der Waals surface area (Å²) in [6.45, 7) is 6.59. The highest BCUT2D eigenvalue weighted by Crippen LogP contribution is 2.60. The molecule has 2 aromatic heterocycles. The second-order valence-electron chi connectivity index (χ2n) is 11.3. The van der Waals surface area contributed by atoms with Crippen molar-refractivity contribution < 1.29 is 34.0 Å². The monoisotopic (exact) mass is 620 g/mol. The molecule has 0 aliphatic carbocycles. The first-order valence-corrected chi connectivity index (χ1v) is 15.9. The quantitative estimate of drug-likeness (QED) is 0.174. The number of aliphatic hydroxyl groups is 3. The number of hydrogen-bond donors (Lipinski definition) is 5. The number of ether oxygens (including phenoxy) is 1. The van der Waals surface area contributed by atoms with Crippen LogP contribution in [0.5, 0.6) is 0 Å². The minimum absolute atomic E-state index is 0.00126. The molecule has 14 nitrogen and oxygen atoms in total. The van der Waals surface area contributed by atoms with Gasteiger partial charge in [-0.3, -0.25) is 9.13 Å². The van der Waals surface area contributed by atoms with Crippen LogP contribution in [0.2, 0.25) is 0 Å². The summed E-state index contributed by atoms with van der Waals surface area (Å²) in [5.74, 6) is -0.0315. The van der Waals surface area contributed by atoms with Crippen LogP contribution in [-0.4, -0.2) is 74.0 Å². The molecule has 6 N–H and O–H groups in total. The Morgan fingerprint density at radius 1 is 1.09 bits per heavy atom. The molecule has 3 heterocycles. The molecule has 0 bridgehead atoms. The van der Waals surface area contributed by atoms with Crippen LogP contribution >= 0.6 is 7.60 Å². The predicted molar refractivity (Wildman–Crippen MR) is 157 cm³/mol. The van der Waals surface area contributed by atoms with Gasteiger partial charge in [-0.05, 0) is 31.7 Å². The molecule has 0 amide bonds. The summed E-state index contributed by atoms with van der Waals surface area (Å²) >= 11 is 0. The number of rotatable bonds is 13. The lowest BCUT2D eigenvalue weighted by Gasteiger charge is -2.38. The summed E-state index contributed by atoms with van der Waals surface area (Å²) in [6.07, 6.45) is -1.55. The van der Waals surface area contributed by atoms with Gasteiger partial charge in [-0.25, -0.2) is 9.48 Å². The van der Waals surface area contributed by atoms with Crippen molar-refractivity contribution in [1.82, 2.24) is 24.5 Å². The third-order valence-corrected chi connectivity index (χ3v) is 10.6. The van der Waals surface area contributed by atoms with E-state index in [4.69, 9.17) is 15.0 Å². The van der Waals surface area contributed by atoms with E-state index in [0.29, 0.717) is 12.0 Å². The lowest BCUT2D eigenvalue weighted by molar-refractivity contribution is -0.0721. The molecular formula is C28H41N6O8P. The van der Waals surface area contributed by atoms with Gasteiger partial charge in [0.2, 0.25) is 0 Å². The van der Waals surface area contributed by atoms with Crippen LogP contribution in [-0.2, 0) is 26.8 Å². The van der Waals surface area contributed by atoms with Gasteiger partial charge < -0.3 is 35.2 Å². The van der Waals surface area contributed by atoms with Gasteiger partial charge in [0.05, 0.1) is 23.9 Å². The van der Waals surface area contributed by atoms with Crippen LogP contribution in [0.15, 0.2) is 47.5 Å². The number of anilines is 1. The van der Waals surface area contributed by atoms with Crippen molar-refractivity contribution in [1.29, 1.82) is 0 Å². The minimum atomic E-state index is -4.53. The van der Waals surface area contributed by atoms with Crippen molar-refractivity contribution in [3.05, 3.63) is 70.0 Å². The summed E-state index contributed by atoms with van der Waals surface area (Å²) in [4.78, 5) is 27.4. The third-order valence-electron chi connectivity index (χ3n) is 8.20. The maximum atomic E-state index is 13.1. The molecule has 3 aromatic rings. The summed E-state index contributed by atoms with van der Waals surface area (Å²) in [6, 6.07) is 9.78. The lowest BCUT2D eigenvalue weighted by atomic mass is 9.93. The van der Waals surface area contributed by atoms with Crippen molar-refractivity contribution in [3.8, 4) is 0 Å². The van der Waals surface area contributed by atoms with E-state index in [-0.39, 0.29) is 38.0 Å². The molecule has 0 spiro atoms. The fraction of sp³-hybridized carbons (Fsp3) is 0.571. The lowest BCUT2D eigenvalue weighted by Crippen LogP contribution is -2.40. The van der Waals surface area contributed by atoms with Crippen LogP contribution in [0.1, 0.15) is 76.4 Å². The highest BCUT2D eigenvalue weighted by molar-refractivity contribution is 7.54. The smallest absolute Gasteiger partial charge is 0.359 e. The molecule has 0 radical (unpaired) electrons. The second-order valence-corrected chi connectivity index (χ2v) is 13.3. The molecule has 1 aliphatic heterocycles. The SMILES string of the molecule is CCC(C)(CC1OC(n2cc(Cn3cc(Cc4ccccc4)nn3)c(N)nc2=O)C(O)C1O)OP(=O)(O)C(O)(CC)CC. The van der Waals surface area contributed by atoms with Gasteiger partial charge >= 0.3 is 13.3 Å². The van der Waals surface area contributed by atoms with Crippen molar-refractivity contribution in [3.63, 3.8) is 0 Å². The number of aliphatic hydroxyl groups excluding tert-OH is 2. The molecule has 6 atom stereocenters. The van der Waals surface area contributed by atoms with Crippen molar-refractivity contribution in [2.24, 2.45) is 0 Å². The first-order chi connectivity index (χ1) is 20.2. The van der Waals surface area contributed by atoms with Crippen molar-refractivity contribution in [2.75, 3.05) is 5.73 Å². The summed E-state index contributed by atoms with van der Waals surface area (Å²) in [7, 11) is -4.53. The van der Waals surface area contributed by atoms with Crippen LogP contribution in [0.25, 0.3) is 0 Å². The standard InChI is InChI=1S/C28H41N6O8P/c1-5-27(4,42-43(39,40)28(38,6-2)7-3)14-21-22(35)23(36)25(41-21)34-16-19(24(29)30-26(34)37)15-33-17-20(31-32-33)13-18-11-9-8-10-12-18/h8-12,16-17,21-23,25,35-36,38H,5-7,13-15H2,1-4H3,(H,39,40)(H2,29,30,37). The van der Waals surface area contributed by atoms with E-state index in [9.17, 15) is 29.6 Å². The van der Waals surface area contributed by atoms with Gasteiger partial charge in [-0.2, -0.15) is 4.98 Å². The molecule has 0 saturated carbocycles. The molecular weight excluding hydrogens is 579 g/mol. The Hall–Kier alpha value is -2.97. The van der Waals surface area contributed by atoms with Crippen molar-refractivity contribution in [2.45, 2.75) is 102 Å². The number of nitrogens with two attached hydrogens (primary N) is 1. The predicted octanol–water partition coefficient (Wildman–Crippen LogP) is 1.94. The molecule has 43 heavy (non-hydrogen) atoms. The Morgan fingerprint density at radius 2 is 1.77 bits per heavy atom. The normalized spacial score (nSPS) is 23.6. The van der Waals surface area contributed by atoms with Crippen molar-refractivity contribution >= 4 is 13.4 Å². The Kier molecular flexibility index (Phi) is 9.92. The first-order valence-electron chi connectivity index (χ1n) is 14.3. The topological polar surface area (TPSA) is 208 Å². The summed E-state index contributed by atoms with van der Waals surface area (Å²) < 4.78 is 27.3. The number of benzene rings is 1. The zero-order valence-electron chi connectivity index (χ0n) is 24.8. The fourth-order valence-electron chi connectivity index (χ4n) is 5.13. The molecule has 1 aliphatic rings. The van der Waals surface area contributed by atoms with E-state index >= 15 is 0 Å². The summed E-state index contributed by atoms with van der Waals surface area (Å²) in [5.41, 5.74) is 6.15. The third kappa shape index (κ3) is 7.07. The molecule has 1 fully saturated rings. The van der Waals surface area contributed by atoms with Gasteiger partial charge in [0.25, 0.3) is 0 Å². The van der Waals surface area contributed by atoms with Gasteiger partial charge in [0.1, 0.15) is 18.0 Å². The van der Waals surface area contributed by atoms with E-state index in [1.165, 1.54) is 6.20 Å². The van der Waals surface area contributed by atoms with Gasteiger partial charge in [0, 0.05) is 30.8 Å². The Labute approximate surface area is 249 Å². The van der Waals surface area contributed by atoms with Gasteiger partial charge in [-0.1, -0.05) is 56.3 Å². The Balaban J connectivity index is 1.52. The van der Waals surface area contributed by atoms with E-state index in [2.05, 4.69) is 15.3 Å². The van der Waals surface area contributed by atoms with E-state index in [0.717, 1.165) is 15.8 Å². The molecule has 6 unspecified atom stereocenters. The van der Waals surface area contributed by atoms with Crippen LogP contribution in [0.3, 0.4) is 0 Å². The number of hydrogen-bond acceptors (Lipinski definition) is 11. The molecule has 1 saturated heterocycles. The zero-order chi connectivity index (χ0) is 31.6. The molecule has 236 valence electrons. The zero-order valence-corrected chi connectivity index (χ0v) is 25.7. The first kappa shape index (κ1) is 32.9. The van der Waals surface area contributed by atoms with Crippen LogP contribution in [0.4, 0.5) is 5.82 Å². The minimum Gasteiger partial charge on any atom is -0.388 e. The fourth-order valence-corrected chi connectivity index (χ4v) is 6.91. The second kappa shape index (κ2) is 12.9. The average Bonchev–Trinajstić information content (AvgIpc) is 3.52. The maximum Gasteiger partial charge on any atom is 0.359 e. The summed E-state index contributed by atoms with van der Waals surface area (Å²) in [5, 5.41) is 38.9. The van der Waals surface area contributed by atoms with E-state index in [1.807, 2.05) is 30.3 Å². The molecule has 4 rings (SSSR count). The number of nitrogens with zero attached hydrogens (tertiary/aromatic N) is 5. The Bertz CT molecular complexity index is 1500.